The molecule has 1 amide bonds. The van der Waals surface area contributed by atoms with Gasteiger partial charge in [-0.15, -0.1) is 0 Å². The number of amides is 1. The lowest BCUT2D eigenvalue weighted by atomic mass is 10.1. The average molecular weight is 317 g/mol. The Bertz CT molecular complexity index is 1110. The SMILES string of the molecule is Cc1cc(=O)[nH]c2cc(NC(=O)c3cc4ccccc4[nH]3)ccc12. The molecule has 0 saturated heterocycles. The van der Waals surface area contributed by atoms with Crippen molar-refractivity contribution in [1.29, 1.82) is 0 Å². The Morgan fingerprint density at radius 1 is 0.958 bits per heavy atom. The summed E-state index contributed by atoms with van der Waals surface area (Å²) >= 11 is 0. The highest BCUT2D eigenvalue weighted by molar-refractivity contribution is 6.06. The number of aromatic amines is 2. The van der Waals surface area contributed by atoms with Gasteiger partial charge in [-0.05, 0) is 36.8 Å². The van der Waals surface area contributed by atoms with Gasteiger partial charge in [0.15, 0.2) is 0 Å². The molecule has 24 heavy (non-hydrogen) atoms. The number of rotatable bonds is 2. The normalized spacial score (nSPS) is 11.0. The first-order chi connectivity index (χ1) is 11.6. The van der Waals surface area contributed by atoms with Crippen LogP contribution in [-0.2, 0) is 0 Å². The molecule has 0 bridgehead atoms. The molecule has 0 radical (unpaired) electrons. The minimum Gasteiger partial charge on any atom is -0.351 e. The van der Waals surface area contributed by atoms with E-state index in [1.807, 2.05) is 49.4 Å². The third-order valence-corrected chi connectivity index (χ3v) is 4.08. The first-order valence-electron chi connectivity index (χ1n) is 7.63. The van der Waals surface area contributed by atoms with Crippen molar-refractivity contribution in [3.05, 3.63) is 76.2 Å². The van der Waals surface area contributed by atoms with E-state index in [2.05, 4.69) is 15.3 Å². The van der Waals surface area contributed by atoms with Gasteiger partial charge in [-0.3, -0.25) is 9.59 Å². The number of carbonyl (C=O) groups is 1. The molecule has 0 aliphatic carbocycles. The number of hydrogen-bond acceptors (Lipinski definition) is 2. The second-order valence-electron chi connectivity index (χ2n) is 5.80. The number of para-hydroxylation sites is 1. The van der Waals surface area contributed by atoms with Crippen LogP contribution >= 0.6 is 0 Å². The van der Waals surface area contributed by atoms with Crippen LogP contribution in [0.3, 0.4) is 0 Å². The van der Waals surface area contributed by atoms with Crippen LogP contribution in [0.5, 0.6) is 0 Å². The smallest absolute Gasteiger partial charge is 0.272 e. The van der Waals surface area contributed by atoms with Crippen molar-refractivity contribution < 1.29 is 4.79 Å². The number of pyridine rings is 1. The molecule has 2 heterocycles. The molecule has 0 spiro atoms. The Hall–Kier alpha value is -3.34. The van der Waals surface area contributed by atoms with Gasteiger partial charge in [-0.1, -0.05) is 24.3 Å². The zero-order valence-electron chi connectivity index (χ0n) is 13.0. The topological polar surface area (TPSA) is 77.8 Å². The molecule has 0 unspecified atom stereocenters. The van der Waals surface area contributed by atoms with Gasteiger partial charge in [0, 0.05) is 28.0 Å². The third-order valence-electron chi connectivity index (χ3n) is 4.08. The van der Waals surface area contributed by atoms with Crippen molar-refractivity contribution in [2.24, 2.45) is 0 Å². The van der Waals surface area contributed by atoms with Gasteiger partial charge < -0.3 is 15.3 Å². The van der Waals surface area contributed by atoms with Gasteiger partial charge in [-0.25, -0.2) is 0 Å². The summed E-state index contributed by atoms with van der Waals surface area (Å²) in [5.41, 5.74) is 3.50. The maximum Gasteiger partial charge on any atom is 0.272 e. The quantitative estimate of drug-likeness (QED) is 0.528. The van der Waals surface area contributed by atoms with E-state index in [1.165, 1.54) is 0 Å². The van der Waals surface area contributed by atoms with Gasteiger partial charge >= 0.3 is 0 Å². The number of aromatic nitrogens is 2. The van der Waals surface area contributed by atoms with Crippen LogP contribution < -0.4 is 10.9 Å². The van der Waals surface area contributed by atoms with Crippen LogP contribution in [0, 0.1) is 6.92 Å². The van der Waals surface area contributed by atoms with Crippen LogP contribution in [-0.4, -0.2) is 15.9 Å². The summed E-state index contributed by atoms with van der Waals surface area (Å²) in [6.45, 7) is 1.89. The van der Waals surface area contributed by atoms with E-state index < -0.39 is 0 Å². The predicted octanol–water partition coefficient (Wildman–Crippen LogP) is 3.57. The summed E-state index contributed by atoms with van der Waals surface area (Å²) in [4.78, 5) is 29.9. The van der Waals surface area contributed by atoms with Crippen molar-refractivity contribution in [2.75, 3.05) is 5.32 Å². The zero-order valence-corrected chi connectivity index (χ0v) is 13.0. The number of benzene rings is 2. The zero-order chi connectivity index (χ0) is 16.7. The van der Waals surface area contributed by atoms with Gasteiger partial charge in [-0.2, -0.15) is 0 Å². The summed E-state index contributed by atoms with van der Waals surface area (Å²) in [7, 11) is 0. The molecule has 0 fully saturated rings. The maximum absolute atomic E-state index is 12.4. The number of carbonyl (C=O) groups excluding carboxylic acids is 1. The van der Waals surface area contributed by atoms with Crippen molar-refractivity contribution >= 4 is 33.4 Å². The van der Waals surface area contributed by atoms with Gasteiger partial charge in [0.2, 0.25) is 5.56 Å². The number of nitrogens with one attached hydrogen (secondary N) is 3. The lowest BCUT2D eigenvalue weighted by molar-refractivity contribution is 0.102. The Labute approximate surface area is 137 Å². The Morgan fingerprint density at radius 3 is 2.62 bits per heavy atom. The number of H-pyrrole nitrogens is 2. The van der Waals surface area contributed by atoms with E-state index in [4.69, 9.17) is 0 Å². The molecular formula is C19H15N3O2. The fraction of sp³-hybridized carbons (Fsp3) is 0.0526. The highest BCUT2D eigenvalue weighted by Gasteiger charge is 2.10. The maximum atomic E-state index is 12.4. The van der Waals surface area contributed by atoms with Crippen LogP contribution in [0.25, 0.3) is 21.8 Å². The molecule has 0 aliphatic rings. The summed E-state index contributed by atoms with van der Waals surface area (Å²) < 4.78 is 0. The molecule has 5 heteroatoms. The van der Waals surface area contributed by atoms with Crippen LogP contribution in [0.2, 0.25) is 0 Å². The molecule has 0 saturated carbocycles. The molecule has 2 aromatic heterocycles. The van der Waals surface area contributed by atoms with E-state index >= 15 is 0 Å². The summed E-state index contributed by atoms with van der Waals surface area (Å²) in [6, 6.07) is 16.6. The highest BCUT2D eigenvalue weighted by atomic mass is 16.2. The fourth-order valence-corrected chi connectivity index (χ4v) is 2.91. The van der Waals surface area contributed by atoms with Gasteiger partial charge in [0.25, 0.3) is 5.91 Å². The van der Waals surface area contributed by atoms with Gasteiger partial charge in [0.1, 0.15) is 5.69 Å². The number of aryl methyl sites for hydroxylation is 1. The molecule has 0 aliphatic heterocycles. The first kappa shape index (κ1) is 14.3. The average Bonchev–Trinajstić information content (AvgIpc) is 2.98. The molecule has 3 N–H and O–H groups in total. The van der Waals surface area contributed by atoms with Crippen LogP contribution in [0.4, 0.5) is 5.69 Å². The summed E-state index contributed by atoms with van der Waals surface area (Å²) in [6.07, 6.45) is 0. The Kier molecular flexibility index (Phi) is 3.20. The minimum atomic E-state index is -0.222. The van der Waals surface area contributed by atoms with Crippen LogP contribution in [0.15, 0.2) is 59.4 Å². The lowest BCUT2D eigenvalue weighted by Crippen LogP contribution is -2.12. The number of fused-ring (bicyclic) bond motifs is 2. The summed E-state index contributed by atoms with van der Waals surface area (Å²) in [5.74, 6) is -0.222. The fourth-order valence-electron chi connectivity index (χ4n) is 2.91. The molecule has 4 rings (SSSR count). The minimum absolute atomic E-state index is 0.154. The largest absolute Gasteiger partial charge is 0.351 e. The van der Waals surface area contributed by atoms with E-state index in [-0.39, 0.29) is 11.5 Å². The predicted molar refractivity (Wildman–Crippen MR) is 95.6 cm³/mol. The first-order valence-corrected chi connectivity index (χ1v) is 7.63. The van der Waals surface area contributed by atoms with E-state index in [9.17, 15) is 9.59 Å². The molecule has 0 atom stereocenters. The second kappa shape index (κ2) is 5.38. The van der Waals surface area contributed by atoms with Gasteiger partial charge in [0.05, 0.1) is 5.52 Å². The van der Waals surface area contributed by atoms with Crippen molar-refractivity contribution in [3.63, 3.8) is 0 Å². The van der Waals surface area contributed by atoms with Crippen LogP contribution in [0.1, 0.15) is 16.1 Å². The van der Waals surface area contributed by atoms with E-state index in [0.29, 0.717) is 16.9 Å². The van der Waals surface area contributed by atoms with Crippen molar-refractivity contribution in [1.82, 2.24) is 9.97 Å². The number of hydrogen-bond donors (Lipinski definition) is 3. The molecule has 4 aromatic rings. The Morgan fingerprint density at radius 2 is 1.79 bits per heavy atom. The molecule has 2 aromatic carbocycles. The third kappa shape index (κ3) is 2.46. The Balaban J connectivity index is 1.68. The highest BCUT2D eigenvalue weighted by Crippen LogP contribution is 2.20. The van der Waals surface area contributed by atoms with Crippen molar-refractivity contribution in [3.8, 4) is 0 Å². The molecule has 118 valence electrons. The lowest BCUT2D eigenvalue weighted by Gasteiger charge is -2.07. The monoisotopic (exact) mass is 317 g/mol. The summed E-state index contributed by atoms with van der Waals surface area (Å²) in [5, 5.41) is 4.80. The standard InChI is InChI=1S/C19H15N3O2/c1-11-8-18(23)22-16-10-13(6-7-14(11)16)20-19(24)17-9-12-4-2-3-5-15(12)21-17/h2-10,21H,1H3,(H,20,24)(H,22,23). The van der Waals surface area contributed by atoms with Crippen molar-refractivity contribution in [2.45, 2.75) is 6.92 Å². The van der Waals surface area contributed by atoms with E-state index in [0.717, 1.165) is 21.9 Å². The van der Waals surface area contributed by atoms with E-state index in [1.54, 1.807) is 12.1 Å². The second-order valence-corrected chi connectivity index (χ2v) is 5.80. The number of anilines is 1. The molecular weight excluding hydrogens is 302 g/mol. The molecule has 5 nitrogen and oxygen atoms in total.